The van der Waals surface area contributed by atoms with Crippen molar-refractivity contribution in [2.75, 3.05) is 6.61 Å². The number of ether oxygens (including phenoxy) is 1. The van der Waals surface area contributed by atoms with Gasteiger partial charge in [-0.3, -0.25) is 18.9 Å². The molecule has 2 aromatic heterocycles. The van der Waals surface area contributed by atoms with Gasteiger partial charge in [0.15, 0.2) is 0 Å². The maximum absolute atomic E-state index is 12.8. The van der Waals surface area contributed by atoms with Gasteiger partial charge in [-0.05, 0) is 33.0 Å². The molecule has 0 unspecified atom stereocenters. The number of nitrogens with one attached hydrogen (secondary N) is 1. The Morgan fingerprint density at radius 3 is 2.44 bits per heavy atom. The minimum absolute atomic E-state index is 0.0251. The Hall–Kier alpha value is -4.23. The van der Waals surface area contributed by atoms with E-state index in [2.05, 4.69) is 45.6 Å². The summed E-state index contributed by atoms with van der Waals surface area (Å²) in [7, 11) is -4.88. The molecule has 0 saturated carbocycles. The van der Waals surface area contributed by atoms with Crippen LogP contribution in [-0.4, -0.2) is 58.3 Å². The zero-order chi connectivity index (χ0) is 28.5. The molecule has 4 aromatic carbocycles. The second kappa shape index (κ2) is 9.42. The fourth-order valence-corrected chi connectivity index (χ4v) is 6.20. The Kier molecular flexibility index (Phi) is 5.91. The second-order valence-electron chi connectivity index (χ2n) is 9.88. The van der Waals surface area contributed by atoms with Crippen molar-refractivity contribution in [1.82, 2.24) is 24.5 Å². The number of aliphatic hydroxyl groups excluding tert-OH is 1. The van der Waals surface area contributed by atoms with E-state index >= 15 is 0 Å². The Morgan fingerprint density at radius 2 is 1.71 bits per heavy atom. The van der Waals surface area contributed by atoms with E-state index in [0.29, 0.717) is 0 Å². The van der Waals surface area contributed by atoms with Gasteiger partial charge in [0.25, 0.3) is 5.56 Å². The number of hydrogen-bond acceptors (Lipinski definition) is 8. The normalized spacial score (nSPS) is 19.6. The van der Waals surface area contributed by atoms with Crippen LogP contribution >= 0.6 is 7.82 Å². The molecule has 13 nitrogen and oxygen atoms in total. The molecule has 1 saturated heterocycles. The molecular formula is C27H22N5O8P. The van der Waals surface area contributed by atoms with Crippen LogP contribution in [-0.2, 0) is 13.8 Å². The van der Waals surface area contributed by atoms with Gasteiger partial charge in [0, 0.05) is 18.0 Å². The van der Waals surface area contributed by atoms with Crippen molar-refractivity contribution in [1.29, 1.82) is 0 Å². The first-order chi connectivity index (χ1) is 19.7. The molecule has 0 radical (unpaired) electrons. The first kappa shape index (κ1) is 25.7. The lowest BCUT2D eigenvalue weighted by atomic mass is 9.93. The monoisotopic (exact) mass is 575 g/mol. The summed E-state index contributed by atoms with van der Waals surface area (Å²) in [6, 6.07) is 18.3. The van der Waals surface area contributed by atoms with Crippen LogP contribution in [0.4, 0.5) is 0 Å². The Balaban J connectivity index is 1.28. The molecule has 4 N–H and O–H groups in total. The molecule has 1 fully saturated rings. The van der Waals surface area contributed by atoms with E-state index in [9.17, 15) is 29.0 Å². The Bertz CT molecular complexity index is 2100. The van der Waals surface area contributed by atoms with Crippen LogP contribution in [0.1, 0.15) is 12.6 Å². The average Bonchev–Trinajstić information content (AvgIpc) is 3.58. The third kappa shape index (κ3) is 4.36. The van der Waals surface area contributed by atoms with Crippen LogP contribution in [0.25, 0.3) is 49.3 Å². The Morgan fingerprint density at radius 1 is 1.00 bits per heavy atom. The smallest absolute Gasteiger partial charge is 0.394 e. The highest BCUT2D eigenvalue weighted by atomic mass is 31.2. The van der Waals surface area contributed by atoms with Crippen molar-refractivity contribution in [2.24, 2.45) is 0 Å². The van der Waals surface area contributed by atoms with Gasteiger partial charge < -0.3 is 19.6 Å². The molecule has 6 aromatic rings. The number of phosphoric ester groups is 1. The number of benzene rings is 4. The van der Waals surface area contributed by atoms with E-state index in [-0.39, 0.29) is 17.7 Å². The van der Waals surface area contributed by atoms with Crippen molar-refractivity contribution in [3.05, 3.63) is 87.8 Å². The number of H-pyrrole nitrogens is 1. The van der Waals surface area contributed by atoms with Crippen LogP contribution in [0, 0.1) is 0 Å². The molecule has 0 amide bonds. The summed E-state index contributed by atoms with van der Waals surface area (Å²) in [4.78, 5) is 46.1. The first-order valence-electron chi connectivity index (χ1n) is 12.7. The zero-order valence-corrected chi connectivity index (χ0v) is 22.0. The van der Waals surface area contributed by atoms with Crippen molar-refractivity contribution in [2.45, 2.75) is 24.9 Å². The lowest BCUT2D eigenvalue weighted by molar-refractivity contribution is -0.0452. The molecule has 41 heavy (non-hydrogen) atoms. The highest BCUT2D eigenvalue weighted by Gasteiger charge is 2.40. The van der Waals surface area contributed by atoms with Crippen LogP contribution in [0.2, 0.25) is 0 Å². The number of phosphoric acid groups is 1. The summed E-state index contributed by atoms with van der Waals surface area (Å²) >= 11 is 0. The fraction of sp³-hybridized carbons (Fsp3) is 0.185. The molecule has 0 aliphatic carbocycles. The molecular weight excluding hydrogens is 553 g/mol. The lowest BCUT2D eigenvalue weighted by Crippen LogP contribution is -2.33. The van der Waals surface area contributed by atoms with E-state index in [0.717, 1.165) is 42.6 Å². The average molecular weight is 575 g/mol. The van der Waals surface area contributed by atoms with Gasteiger partial charge in [0.2, 0.25) is 0 Å². The van der Waals surface area contributed by atoms with E-state index < -0.39 is 44.1 Å². The highest BCUT2D eigenvalue weighted by molar-refractivity contribution is 7.46. The number of nitrogens with zero attached hydrogens (tertiary/aromatic N) is 4. The third-order valence-corrected chi connectivity index (χ3v) is 7.98. The van der Waals surface area contributed by atoms with Gasteiger partial charge in [-0.2, -0.15) is 0 Å². The lowest BCUT2D eigenvalue weighted by Gasteiger charge is -2.16. The molecule has 1 aliphatic heterocycles. The molecule has 1 aliphatic rings. The van der Waals surface area contributed by atoms with Gasteiger partial charge >= 0.3 is 13.5 Å². The zero-order valence-electron chi connectivity index (χ0n) is 21.1. The van der Waals surface area contributed by atoms with Gasteiger partial charge in [0.05, 0.1) is 24.1 Å². The van der Waals surface area contributed by atoms with E-state index in [4.69, 9.17) is 9.26 Å². The SMILES string of the molecule is O=c1[nH]c(=O)n([C@H]2C[C@H](OP(=O)(O)O)[C@@H](CO)O2)cc1-c1cn(-c2ccc3ccc4cccc5ccc2c3c45)nn1. The topological polar surface area (TPSA) is 182 Å². The number of aromatic nitrogens is 5. The maximum Gasteiger partial charge on any atom is 0.469 e. The van der Waals surface area contributed by atoms with Crippen LogP contribution < -0.4 is 11.2 Å². The minimum Gasteiger partial charge on any atom is -0.394 e. The molecule has 0 bridgehead atoms. The molecule has 14 heteroatoms. The van der Waals surface area contributed by atoms with Gasteiger partial charge in [-0.25, -0.2) is 14.0 Å². The minimum atomic E-state index is -4.88. The largest absolute Gasteiger partial charge is 0.469 e. The van der Waals surface area contributed by atoms with E-state index in [1.807, 2.05) is 24.3 Å². The quantitative estimate of drug-likeness (QED) is 0.170. The summed E-state index contributed by atoms with van der Waals surface area (Å²) < 4.78 is 24.3. The number of aromatic amines is 1. The molecule has 3 atom stereocenters. The first-order valence-corrected chi connectivity index (χ1v) is 14.2. The van der Waals surface area contributed by atoms with Gasteiger partial charge in [-0.1, -0.05) is 53.7 Å². The van der Waals surface area contributed by atoms with E-state index in [1.165, 1.54) is 6.20 Å². The highest BCUT2D eigenvalue weighted by Crippen LogP contribution is 2.43. The number of hydrogen-bond donors (Lipinski definition) is 4. The maximum atomic E-state index is 12.8. The summed E-state index contributed by atoms with van der Waals surface area (Å²) in [6.45, 7) is -0.597. The number of aliphatic hydroxyl groups is 1. The molecule has 208 valence electrons. The van der Waals surface area contributed by atoms with Gasteiger partial charge in [0.1, 0.15) is 24.1 Å². The standard InChI is InChI=1S/C27H22N5O8P/c33-13-22-21(40-41(36,37)38)10-23(39-22)31-11-18(26(34)28-27(31)35)19-12-32(30-29-19)20-9-7-16-5-4-14-2-1-3-15-6-8-17(20)25(16)24(14)15/h1-9,11-12,21-23,33H,10,13H2,(H,28,34,35)(H2,36,37,38)/t21-,22+,23+/m0/s1. The summed E-state index contributed by atoms with van der Waals surface area (Å²) in [6.07, 6.45) is -0.666. The van der Waals surface area contributed by atoms with Crippen molar-refractivity contribution in [3.63, 3.8) is 0 Å². The van der Waals surface area contributed by atoms with Crippen molar-refractivity contribution >= 4 is 40.1 Å². The predicted octanol–water partition coefficient (Wildman–Crippen LogP) is 2.44. The second-order valence-corrected chi connectivity index (χ2v) is 11.1. The summed E-state index contributed by atoms with van der Waals surface area (Å²) in [5, 5.41) is 24.6. The van der Waals surface area contributed by atoms with Crippen LogP contribution in [0.3, 0.4) is 0 Å². The summed E-state index contributed by atoms with van der Waals surface area (Å²) in [5.74, 6) is 0. The molecule has 0 spiro atoms. The van der Waals surface area contributed by atoms with Gasteiger partial charge in [-0.15, -0.1) is 5.10 Å². The van der Waals surface area contributed by atoms with E-state index in [1.54, 1.807) is 10.9 Å². The van der Waals surface area contributed by atoms with Crippen molar-refractivity contribution < 1.29 is 28.7 Å². The van der Waals surface area contributed by atoms with Crippen LogP contribution in [0.5, 0.6) is 0 Å². The molecule has 7 rings (SSSR count). The Labute approximate surface area is 229 Å². The molecule has 3 heterocycles. The predicted molar refractivity (Wildman–Crippen MR) is 148 cm³/mol. The van der Waals surface area contributed by atoms with Crippen LogP contribution in [0.15, 0.2) is 76.6 Å². The summed E-state index contributed by atoms with van der Waals surface area (Å²) in [5.41, 5.74) is -0.547. The van der Waals surface area contributed by atoms with Crippen molar-refractivity contribution in [3.8, 4) is 16.9 Å². The number of rotatable bonds is 6. The fourth-order valence-electron chi connectivity index (χ4n) is 5.63. The third-order valence-electron chi connectivity index (χ3n) is 7.43.